The molecule has 0 spiro atoms. The first-order chi connectivity index (χ1) is 9.86. The summed E-state index contributed by atoms with van der Waals surface area (Å²) in [6.45, 7) is 0. The van der Waals surface area contributed by atoms with Crippen LogP contribution in [0.5, 0.6) is 0 Å². The molecule has 21 heavy (non-hydrogen) atoms. The second kappa shape index (κ2) is 4.59. The molecule has 3 aromatic rings. The summed E-state index contributed by atoms with van der Waals surface area (Å²) in [7, 11) is 0. The summed E-state index contributed by atoms with van der Waals surface area (Å²) in [5.74, 6) is 0.493. The molecule has 0 aliphatic heterocycles. The molecule has 0 saturated carbocycles. The standard InChI is InChI=1S/C12H7ClF3N5/c13-8-3-7(12(14,15)16)5-21-10(19-20-11(8)21)6-1-2-9(17)18-4-6/h1-5H,(H2,17,18). The molecule has 0 saturated heterocycles. The predicted octanol–water partition coefficient (Wildman–Crippen LogP) is 3.05. The van der Waals surface area contributed by atoms with E-state index in [0.29, 0.717) is 11.4 Å². The number of fused-ring (bicyclic) bond motifs is 1. The van der Waals surface area contributed by atoms with Crippen LogP contribution in [-0.4, -0.2) is 19.6 Å². The van der Waals surface area contributed by atoms with Gasteiger partial charge in [-0.2, -0.15) is 13.2 Å². The van der Waals surface area contributed by atoms with E-state index in [2.05, 4.69) is 15.2 Å². The van der Waals surface area contributed by atoms with Crippen molar-refractivity contribution in [3.63, 3.8) is 0 Å². The topological polar surface area (TPSA) is 69.1 Å². The van der Waals surface area contributed by atoms with Crippen molar-refractivity contribution in [2.24, 2.45) is 0 Å². The number of alkyl halides is 3. The fourth-order valence-electron chi connectivity index (χ4n) is 1.84. The minimum Gasteiger partial charge on any atom is -0.384 e. The Kier molecular flexibility index (Phi) is 2.98. The van der Waals surface area contributed by atoms with Crippen LogP contribution in [0.4, 0.5) is 19.0 Å². The van der Waals surface area contributed by atoms with Gasteiger partial charge < -0.3 is 5.73 Å². The number of pyridine rings is 2. The number of nitrogen functional groups attached to an aromatic ring is 1. The molecule has 0 aromatic carbocycles. The minimum atomic E-state index is -4.52. The summed E-state index contributed by atoms with van der Waals surface area (Å²) >= 11 is 5.84. The van der Waals surface area contributed by atoms with Crippen molar-refractivity contribution in [2.75, 3.05) is 5.73 Å². The molecule has 0 amide bonds. The van der Waals surface area contributed by atoms with Crippen LogP contribution in [0.1, 0.15) is 5.56 Å². The summed E-state index contributed by atoms with van der Waals surface area (Å²) in [6.07, 6.45) is -2.22. The Hall–Kier alpha value is -2.35. The van der Waals surface area contributed by atoms with Crippen molar-refractivity contribution in [2.45, 2.75) is 6.18 Å². The highest BCUT2D eigenvalue weighted by Gasteiger charge is 2.32. The molecule has 3 rings (SSSR count). The van der Waals surface area contributed by atoms with E-state index in [9.17, 15) is 13.2 Å². The number of hydrogen-bond acceptors (Lipinski definition) is 4. The molecule has 0 aliphatic carbocycles. The molecule has 2 N–H and O–H groups in total. The van der Waals surface area contributed by atoms with Crippen LogP contribution in [0.15, 0.2) is 30.6 Å². The lowest BCUT2D eigenvalue weighted by Gasteiger charge is -2.08. The number of anilines is 1. The van der Waals surface area contributed by atoms with Crippen LogP contribution in [0.25, 0.3) is 17.0 Å². The summed E-state index contributed by atoms with van der Waals surface area (Å²) in [6, 6.07) is 3.93. The first kappa shape index (κ1) is 13.6. The zero-order valence-corrected chi connectivity index (χ0v) is 11.0. The van der Waals surface area contributed by atoms with Gasteiger partial charge in [-0.15, -0.1) is 10.2 Å². The lowest BCUT2D eigenvalue weighted by atomic mass is 10.2. The number of rotatable bonds is 1. The van der Waals surface area contributed by atoms with Gasteiger partial charge in [-0.05, 0) is 18.2 Å². The Bertz CT molecular complexity index is 810. The van der Waals surface area contributed by atoms with Gasteiger partial charge in [-0.25, -0.2) is 4.98 Å². The minimum absolute atomic E-state index is 0.132. The molecule has 0 fully saturated rings. The molecule has 5 nitrogen and oxygen atoms in total. The maximum absolute atomic E-state index is 12.8. The molecule has 0 aliphatic rings. The van der Waals surface area contributed by atoms with E-state index < -0.39 is 11.7 Å². The molecule has 9 heteroatoms. The SMILES string of the molecule is Nc1ccc(-c2nnc3c(Cl)cc(C(F)(F)F)cn23)cn1. The summed E-state index contributed by atoms with van der Waals surface area (Å²) in [4.78, 5) is 3.88. The van der Waals surface area contributed by atoms with Gasteiger partial charge >= 0.3 is 6.18 Å². The first-order valence-electron chi connectivity index (χ1n) is 5.69. The van der Waals surface area contributed by atoms with E-state index in [1.807, 2.05) is 0 Å². The van der Waals surface area contributed by atoms with E-state index in [-0.39, 0.29) is 16.5 Å². The maximum Gasteiger partial charge on any atom is 0.417 e. The maximum atomic E-state index is 12.8. The lowest BCUT2D eigenvalue weighted by Crippen LogP contribution is -2.07. The number of aromatic nitrogens is 4. The van der Waals surface area contributed by atoms with Crippen LogP contribution in [0.3, 0.4) is 0 Å². The van der Waals surface area contributed by atoms with Crippen molar-refractivity contribution in [1.29, 1.82) is 0 Å². The van der Waals surface area contributed by atoms with Crippen molar-refractivity contribution in [3.8, 4) is 11.4 Å². The number of nitrogens with zero attached hydrogens (tertiary/aromatic N) is 4. The van der Waals surface area contributed by atoms with Crippen molar-refractivity contribution in [3.05, 3.63) is 41.2 Å². The number of nitrogens with two attached hydrogens (primary N) is 1. The van der Waals surface area contributed by atoms with E-state index >= 15 is 0 Å². The van der Waals surface area contributed by atoms with Crippen molar-refractivity contribution >= 4 is 23.1 Å². The molecule has 0 atom stereocenters. The molecule has 108 valence electrons. The van der Waals surface area contributed by atoms with Crippen LogP contribution in [-0.2, 0) is 6.18 Å². The molecule has 3 heterocycles. The van der Waals surface area contributed by atoms with E-state index in [4.69, 9.17) is 17.3 Å². The van der Waals surface area contributed by atoms with Gasteiger partial charge in [0.2, 0.25) is 0 Å². The van der Waals surface area contributed by atoms with Gasteiger partial charge in [0, 0.05) is 18.0 Å². The average Bonchev–Trinajstić information content (AvgIpc) is 2.83. The Labute approximate surface area is 121 Å². The average molecular weight is 314 g/mol. The fraction of sp³-hybridized carbons (Fsp3) is 0.0833. The summed E-state index contributed by atoms with van der Waals surface area (Å²) in [5.41, 5.74) is 5.20. The molecule has 3 aromatic heterocycles. The van der Waals surface area contributed by atoms with Gasteiger partial charge in [0.25, 0.3) is 0 Å². The largest absolute Gasteiger partial charge is 0.417 e. The van der Waals surface area contributed by atoms with E-state index in [1.54, 1.807) is 6.07 Å². The monoisotopic (exact) mass is 313 g/mol. The highest BCUT2D eigenvalue weighted by atomic mass is 35.5. The molecule has 0 bridgehead atoms. The first-order valence-corrected chi connectivity index (χ1v) is 6.07. The van der Waals surface area contributed by atoms with Crippen molar-refractivity contribution in [1.82, 2.24) is 19.6 Å². The van der Waals surface area contributed by atoms with Gasteiger partial charge in [-0.3, -0.25) is 4.40 Å². The van der Waals surface area contributed by atoms with Gasteiger partial charge in [0.05, 0.1) is 10.6 Å². The zero-order chi connectivity index (χ0) is 15.2. The Balaban J connectivity index is 2.25. The smallest absolute Gasteiger partial charge is 0.384 e. The zero-order valence-electron chi connectivity index (χ0n) is 10.3. The van der Waals surface area contributed by atoms with Gasteiger partial charge in [-0.1, -0.05) is 11.6 Å². The third-order valence-electron chi connectivity index (χ3n) is 2.83. The quantitative estimate of drug-likeness (QED) is 0.749. The van der Waals surface area contributed by atoms with Crippen LogP contribution < -0.4 is 5.73 Å². The Morgan fingerprint density at radius 3 is 2.57 bits per heavy atom. The number of hydrogen-bond donors (Lipinski definition) is 1. The van der Waals surface area contributed by atoms with Crippen LogP contribution >= 0.6 is 11.6 Å². The third-order valence-corrected chi connectivity index (χ3v) is 3.11. The summed E-state index contributed by atoms with van der Waals surface area (Å²) < 4.78 is 39.7. The molecule has 0 radical (unpaired) electrons. The van der Waals surface area contributed by atoms with E-state index in [1.165, 1.54) is 16.7 Å². The Morgan fingerprint density at radius 1 is 1.19 bits per heavy atom. The second-order valence-corrected chi connectivity index (χ2v) is 4.67. The predicted molar refractivity (Wildman–Crippen MR) is 70.6 cm³/mol. The second-order valence-electron chi connectivity index (χ2n) is 4.26. The molecular formula is C12H7ClF3N5. The van der Waals surface area contributed by atoms with Crippen LogP contribution in [0, 0.1) is 0 Å². The molecular weight excluding hydrogens is 307 g/mol. The molecule has 0 unspecified atom stereocenters. The Morgan fingerprint density at radius 2 is 1.95 bits per heavy atom. The highest BCUT2D eigenvalue weighted by molar-refractivity contribution is 6.33. The lowest BCUT2D eigenvalue weighted by molar-refractivity contribution is -0.137. The number of halogens is 4. The van der Waals surface area contributed by atoms with Gasteiger partial charge in [0.1, 0.15) is 5.82 Å². The third kappa shape index (κ3) is 2.38. The van der Waals surface area contributed by atoms with E-state index in [0.717, 1.165) is 12.3 Å². The van der Waals surface area contributed by atoms with Gasteiger partial charge in [0.15, 0.2) is 11.5 Å². The normalized spacial score (nSPS) is 12.0. The van der Waals surface area contributed by atoms with Crippen molar-refractivity contribution < 1.29 is 13.2 Å². The highest BCUT2D eigenvalue weighted by Crippen LogP contribution is 2.33. The summed E-state index contributed by atoms with van der Waals surface area (Å²) in [5, 5.41) is 7.52. The fourth-order valence-corrected chi connectivity index (χ4v) is 2.09. The van der Waals surface area contributed by atoms with Crippen LogP contribution in [0.2, 0.25) is 5.02 Å².